The smallest absolute Gasteiger partial charge is 0.199 e. The maximum absolute atomic E-state index is 13.4. The first-order chi connectivity index (χ1) is 8.91. The highest BCUT2D eigenvalue weighted by Gasteiger charge is 2.21. The third-order valence-corrected chi connectivity index (χ3v) is 2.45. The van der Waals surface area contributed by atoms with E-state index in [0.29, 0.717) is 6.07 Å². The molecule has 0 aliphatic rings. The van der Waals surface area contributed by atoms with Crippen molar-refractivity contribution in [3.63, 3.8) is 0 Å². The highest BCUT2D eigenvalue weighted by molar-refractivity contribution is 6.09. The van der Waals surface area contributed by atoms with E-state index in [0.717, 1.165) is 18.2 Å². The Kier molecular flexibility index (Phi) is 3.33. The van der Waals surface area contributed by atoms with Gasteiger partial charge >= 0.3 is 0 Å². The molecule has 2 aromatic carbocycles. The molecular weight excluding hydrogens is 267 g/mol. The zero-order valence-corrected chi connectivity index (χ0v) is 9.18. The van der Waals surface area contributed by atoms with Gasteiger partial charge in [0.15, 0.2) is 29.1 Å². The fraction of sp³-hybridized carbons (Fsp3) is 0. The van der Waals surface area contributed by atoms with Crippen LogP contribution in [0, 0.1) is 29.1 Å². The number of benzene rings is 2. The molecule has 0 fully saturated rings. The largest absolute Gasteiger partial charge is 0.288 e. The van der Waals surface area contributed by atoms with Crippen LogP contribution in [0.3, 0.4) is 0 Å². The van der Waals surface area contributed by atoms with Crippen molar-refractivity contribution in [3.8, 4) is 0 Å². The van der Waals surface area contributed by atoms with Gasteiger partial charge in [0.05, 0.1) is 11.1 Å². The molecule has 19 heavy (non-hydrogen) atoms. The predicted octanol–water partition coefficient (Wildman–Crippen LogP) is 3.61. The molecule has 0 saturated carbocycles. The molecule has 2 rings (SSSR count). The molecule has 0 aliphatic heterocycles. The van der Waals surface area contributed by atoms with Gasteiger partial charge in [0.2, 0.25) is 0 Å². The van der Waals surface area contributed by atoms with Crippen LogP contribution in [-0.4, -0.2) is 5.78 Å². The van der Waals surface area contributed by atoms with E-state index in [1.54, 1.807) is 0 Å². The summed E-state index contributed by atoms with van der Waals surface area (Å²) in [4.78, 5) is 11.8. The van der Waals surface area contributed by atoms with Crippen LogP contribution in [0.1, 0.15) is 15.9 Å². The number of halogens is 5. The lowest BCUT2D eigenvalue weighted by Crippen LogP contribution is -2.09. The molecule has 0 saturated heterocycles. The fourth-order valence-electron chi connectivity index (χ4n) is 1.52. The standard InChI is InChI=1S/C13H5F5O/c14-8-3-1-2-6(12(8)18)13(19)7-4-10(16)11(17)5-9(7)15/h1-5H. The second-order valence-electron chi connectivity index (χ2n) is 3.68. The minimum atomic E-state index is -1.48. The lowest BCUT2D eigenvalue weighted by molar-refractivity contribution is 0.103. The normalized spacial score (nSPS) is 10.6. The van der Waals surface area contributed by atoms with Gasteiger partial charge in [0, 0.05) is 6.07 Å². The van der Waals surface area contributed by atoms with Gasteiger partial charge in [-0.3, -0.25) is 4.79 Å². The first-order valence-corrected chi connectivity index (χ1v) is 5.05. The molecule has 0 N–H and O–H groups in total. The Hall–Kier alpha value is -2.24. The van der Waals surface area contributed by atoms with Crippen molar-refractivity contribution in [3.05, 3.63) is 70.5 Å². The molecule has 0 unspecified atom stereocenters. The molecule has 0 aromatic heterocycles. The van der Waals surface area contributed by atoms with Crippen molar-refractivity contribution in [2.45, 2.75) is 0 Å². The maximum atomic E-state index is 13.4. The van der Waals surface area contributed by atoms with Crippen molar-refractivity contribution in [1.29, 1.82) is 0 Å². The maximum Gasteiger partial charge on any atom is 0.199 e. The van der Waals surface area contributed by atoms with Gasteiger partial charge in [0.25, 0.3) is 0 Å². The van der Waals surface area contributed by atoms with E-state index in [2.05, 4.69) is 0 Å². The van der Waals surface area contributed by atoms with Crippen molar-refractivity contribution in [1.82, 2.24) is 0 Å². The Morgan fingerprint density at radius 3 is 2.05 bits per heavy atom. The Balaban J connectivity index is 2.56. The molecule has 0 amide bonds. The average Bonchev–Trinajstić information content (AvgIpc) is 2.36. The number of hydrogen-bond acceptors (Lipinski definition) is 1. The first kappa shape index (κ1) is 13.2. The summed E-state index contributed by atoms with van der Waals surface area (Å²) in [5, 5.41) is 0. The highest BCUT2D eigenvalue weighted by Crippen LogP contribution is 2.20. The van der Waals surface area contributed by atoms with Gasteiger partial charge in [-0.15, -0.1) is 0 Å². The summed E-state index contributed by atoms with van der Waals surface area (Å²) in [6.07, 6.45) is 0. The van der Waals surface area contributed by atoms with Crippen LogP contribution in [0.25, 0.3) is 0 Å². The van der Waals surface area contributed by atoms with Crippen LogP contribution in [0.5, 0.6) is 0 Å². The first-order valence-electron chi connectivity index (χ1n) is 5.05. The molecular formula is C13H5F5O. The van der Waals surface area contributed by atoms with Gasteiger partial charge in [-0.25, -0.2) is 22.0 Å². The van der Waals surface area contributed by atoms with E-state index in [1.807, 2.05) is 0 Å². The second kappa shape index (κ2) is 4.79. The molecule has 0 aliphatic carbocycles. The van der Waals surface area contributed by atoms with Gasteiger partial charge < -0.3 is 0 Å². The van der Waals surface area contributed by atoms with E-state index in [1.165, 1.54) is 0 Å². The van der Waals surface area contributed by atoms with Crippen LogP contribution in [0.2, 0.25) is 0 Å². The zero-order valence-electron chi connectivity index (χ0n) is 9.18. The predicted molar refractivity (Wildman–Crippen MR) is 56.1 cm³/mol. The lowest BCUT2D eigenvalue weighted by Gasteiger charge is -2.05. The number of hydrogen-bond donors (Lipinski definition) is 0. The summed E-state index contributed by atoms with van der Waals surface area (Å²) in [5.74, 6) is -8.33. The second-order valence-corrected chi connectivity index (χ2v) is 3.68. The number of ketones is 1. The Bertz CT molecular complexity index is 666. The van der Waals surface area contributed by atoms with Crippen molar-refractivity contribution < 1.29 is 26.7 Å². The van der Waals surface area contributed by atoms with E-state index in [4.69, 9.17) is 0 Å². The molecule has 1 nitrogen and oxygen atoms in total. The average molecular weight is 272 g/mol. The van der Waals surface area contributed by atoms with E-state index in [-0.39, 0.29) is 6.07 Å². The van der Waals surface area contributed by atoms with E-state index < -0.39 is 46.0 Å². The summed E-state index contributed by atoms with van der Waals surface area (Å²) in [7, 11) is 0. The monoisotopic (exact) mass is 272 g/mol. The number of carbonyl (C=O) groups is 1. The number of carbonyl (C=O) groups excluding carboxylic acids is 1. The van der Waals surface area contributed by atoms with Crippen molar-refractivity contribution >= 4 is 5.78 Å². The SMILES string of the molecule is O=C(c1cc(F)c(F)cc1F)c1cccc(F)c1F. The van der Waals surface area contributed by atoms with Gasteiger partial charge in [-0.1, -0.05) is 6.07 Å². The van der Waals surface area contributed by atoms with Crippen LogP contribution in [-0.2, 0) is 0 Å². The van der Waals surface area contributed by atoms with Gasteiger partial charge in [-0.05, 0) is 18.2 Å². The molecule has 0 heterocycles. The van der Waals surface area contributed by atoms with Crippen molar-refractivity contribution in [2.24, 2.45) is 0 Å². The topological polar surface area (TPSA) is 17.1 Å². The number of rotatable bonds is 2. The van der Waals surface area contributed by atoms with Crippen molar-refractivity contribution in [2.75, 3.05) is 0 Å². The minimum Gasteiger partial charge on any atom is -0.288 e. The highest BCUT2D eigenvalue weighted by atomic mass is 19.2. The summed E-state index contributed by atoms with van der Waals surface area (Å²) < 4.78 is 65.3. The fourth-order valence-corrected chi connectivity index (χ4v) is 1.52. The molecule has 0 atom stereocenters. The quantitative estimate of drug-likeness (QED) is 0.463. The third-order valence-electron chi connectivity index (χ3n) is 2.45. The van der Waals surface area contributed by atoms with Crippen LogP contribution in [0.15, 0.2) is 30.3 Å². The minimum absolute atomic E-state index is 0.166. The van der Waals surface area contributed by atoms with Crippen LogP contribution < -0.4 is 0 Å². The molecule has 0 spiro atoms. The zero-order chi connectivity index (χ0) is 14.2. The van der Waals surface area contributed by atoms with Crippen LogP contribution in [0.4, 0.5) is 22.0 Å². The Labute approximate surface area is 104 Å². The summed E-state index contributed by atoms with van der Waals surface area (Å²) in [6, 6.07) is 3.20. The molecule has 98 valence electrons. The van der Waals surface area contributed by atoms with Gasteiger partial charge in [-0.2, -0.15) is 0 Å². The molecule has 2 aromatic rings. The Morgan fingerprint density at radius 2 is 1.37 bits per heavy atom. The van der Waals surface area contributed by atoms with E-state index >= 15 is 0 Å². The molecule has 0 radical (unpaired) electrons. The molecule has 6 heteroatoms. The third kappa shape index (κ3) is 2.33. The lowest BCUT2D eigenvalue weighted by atomic mass is 10.0. The van der Waals surface area contributed by atoms with E-state index in [9.17, 15) is 26.7 Å². The van der Waals surface area contributed by atoms with Crippen LogP contribution >= 0.6 is 0 Å². The Morgan fingerprint density at radius 1 is 0.737 bits per heavy atom. The summed E-state index contributed by atoms with van der Waals surface area (Å²) >= 11 is 0. The summed E-state index contributed by atoms with van der Waals surface area (Å²) in [5.41, 5.74) is -1.63. The summed E-state index contributed by atoms with van der Waals surface area (Å²) in [6.45, 7) is 0. The van der Waals surface area contributed by atoms with Gasteiger partial charge in [0.1, 0.15) is 5.82 Å². The molecule has 0 bridgehead atoms.